The normalized spacial score (nSPS) is 17.4. The molecule has 2 aromatic rings. The van der Waals surface area contributed by atoms with Crippen molar-refractivity contribution in [1.29, 1.82) is 0 Å². The second kappa shape index (κ2) is 28.6. The van der Waals surface area contributed by atoms with E-state index >= 15 is 0 Å². The van der Waals surface area contributed by atoms with Crippen LogP contribution >= 0.6 is 0 Å². The highest BCUT2D eigenvalue weighted by Gasteiger charge is 2.32. The van der Waals surface area contributed by atoms with Crippen LogP contribution in [0.2, 0.25) is 0 Å². The number of carbonyl (C=O) groups excluding carboxylic acids is 5. The van der Waals surface area contributed by atoms with E-state index in [1.165, 1.54) is 12.2 Å². The van der Waals surface area contributed by atoms with Gasteiger partial charge in [0.15, 0.2) is 5.78 Å². The number of rotatable bonds is 24. The number of ether oxygens (including phenoxy) is 2. The number of nitrogens with two attached hydrogens (primary N) is 1. The first-order valence-corrected chi connectivity index (χ1v) is 23.6. The van der Waals surface area contributed by atoms with Crippen molar-refractivity contribution in [3.8, 4) is 16.9 Å². The highest BCUT2D eigenvalue weighted by atomic mass is 16.5. The molecule has 0 saturated carbocycles. The summed E-state index contributed by atoms with van der Waals surface area (Å²) in [5, 5.41) is 17.5. The molecule has 380 valence electrons. The number of ketones is 1. The molecule has 69 heavy (non-hydrogen) atoms. The number of phenolic OH excluding ortho intramolecular Hbond substituents is 1. The number of aromatic hydroxyl groups is 1. The second-order valence-electron chi connectivity index (χ2n) is 19.1. The molecule has 2 aliphatic rings. The number of hydrogen-bond donors (Lipinski definition) is 4. The lowest BCUT2D eigenvalue weighted by Crippen LogP contribution is -2.52. The number of dihydropyridines is 1. The van der Waals surface area contributed by atoms with Gasteiger partial charge in [-0.15, -0.1) is 0 Å². The van der Waals surface area contributed by atoms with Crippen LogP contribution in [0.1, 0.15) is 81.2 Å². The van der Waals surface area contributed by atoms with E-state index in [0.717, 1.165) is 45.6 Å². The lowest BCUT2D eigenvalue weighted by molar-refractivity contribution is -0.131. The van der Waals surface area contributed by atoms with Gasteiger partial charge < -0.3 is 45.5 Å². The molecule has 14 nitrogen and oxygen atoms in total. The Labute approximate surface area is 412 Å². The summed E-state index contributed by atoms with van der Waals surface area (Å²) in [4.78, 5) is 65.4. The van der Waals surface area contributed by atoms with Gasteiger partial charge in [0.1, 0.15) is 12.0 Å². The first kappa shape index (κ1) is 59.3. The fourth-order valence-corrected chi connectivity index (χ4v) is 8.94. The smallest absolute Gasteiger partial charge is 0.293 e. The van der Waals surface area contributed by atoms with Gasteiger partial charge in [-0.1, -0.05) is 85.1 Å². The minimum Gasteiger partial charge on any atom is -0.508 e. The van der Waals surface area contributed by atoms with E-state index in [0.29, 0.717) is 64.2 Å². The molecule has 5 atom stereocenters. The molecule has 4 rings (SSSR count). The Kier molecular flexibility index (Phi) is 24.6. The number of allylic oxidation sites excluding steroid dienone is 2. The van der Waals surface area contributed by atoms with E-state index in [-0.39, 0.29) is 66.5 Å². The van der Waals surface area contributed by atoms with Crippen molar-refractivity contribution in [2.75, 3.05) is 65.4 Å². The number of benzene rings is 2. The topological polar surface area (TPSA) is 184 Å². The summed E-state index contributed by atoms with van der Waals surface area (Å²) in [5.41, 5.74) is 12.9. The number of anilines is 1. The van der Waals surface area contributed by atoms with Crippen LogP contribution in [0.4, 0.5) is 5.69 Å². The third kappa shape index (κ3) is 17.3. The van der Waals surface area contributed by atoms with Gasteiger partial charge in [0.05, 0.1) is 24.8 Å². The molecule has 5 N–H and O–H groups in total. The van der Waals surface area contributed by atoms with E-state index in [4.69, 9.17) is 15.2 Å². The van der Waals surface area contributed by atoms with Crippen molar-refractivity contribution in [2.45, 2.75) is 100 Å². The van der Waals surface area contributed by atoms with Crippen molar-refractivity contribution < 1.29 is 38.6 Å². The molecule has 2 heterocycles. The van der Waals surface area contributed by atoms with Gasteiger partial charge in [-0.2, -0.15) is 0 Å². The van der Waals surface area contributed by atoms with Crippen LogP contribution in [-0.4, -0.2) is 124 Å². The number of likely N-dealkylation sites (tertiary alicyclic amines) is 1. The average Bonchev–Trinajstić information content (AvgIpc) is 3.69. The maximum atomic E-state index is 13.5. The Morgan fingerprint density at radius 3 is 2.30 bits per heavy atom. The van der Waals surface area contributed by atoms with Gasteiger partial charge in [0.2, 0.25) is 11.8 Å². The van der Waals surface area contributed by atoms with E-state index < -0.39 is 12.1 Å². The van der Waals surface area contributed by atoms with Crippen molar-refractivity contribution in [1.82, 2.24) is 20.4 Å². The number of nitrogens with one attached hydrogen (secondary N) is 2. The first-order chi connectivity index (χ1) is 32.2. The Bertz CT molecular complexity index is 2150. The zero-order valence-electron chi connectivity index (χ0n) is 42.3. The van der Waals surface area contributed by atoms with Crippen LogP contribution in [0.5, 0.6) is 5.75 Å². The molecule has 2 amide bonds. The fourth-order valence-electron chi connectivity index (χ4n) is 8.94. The van der Waals surface area contributed by atoms with Crippen molar-refractivity contribution in [2.24, 2.45) is 28.9 Å². The van der Waals surface area contributed by atoms with Crippen LogP contribution in [0.25, 0.3) is 11.1 Å². The van der Waals surface area contributed by atoms with Crippen LogP contribution in [0.15, 0.2) is 102 Å². The summed E-state index contributed by atoms with van der Waals surface area (Å²) >= 11 is 0. The molecule has 1 saturated heterocycles. The number of phenols is 1. The zero-order chi connectivity index (χ0) is 50.7. The van der Waals surface area contributed by atoms with E-state index in [1.807, 2.05) is 64.9 Å². The van der Waals surface area contributed by atoms with E-state index in [2.05, 4.69) is 74.1 Å². The number of amides is 2. The summed E-state index contributed by atoms with van der Waals surface area (Å²) in [6, 6.07) is 12.2. The lowest BCUT2D eigenvalue weighted by atomic mass is 9.84. The number of hydrogen-bond acceptors (Lipinski definition) is 12. The number of methoxy groups -OCH3 is 1. The minimum atomic E-state index is -0.834. The Hall–Kier alpha value is -5.83. The largest absolute Gasteiger partial charge is 0.508 e. The van der Waals surface area contributed by atoms with Crippen molar-refractivity contribution in [3.63, 3.8) is 0 Å². The zero-order valence-corrected chi connectivity index (χ0v) is 42.3. The monoisotopic (exact) mass is 955 g/mol. The van der Waals surface area contributed by atoms with Gasteiger partial charge in [0, 0.05) is 73.7 Å². The van der Waals surface area contributed by atoms with Gasteiger partial charge in [0.25, 0.3) is 6.47 Å². The Balaban J connectivity index is 0.00000109. The van der Waals surface area contributed by atoms with Gasteiger partial charge >= 0.3 is 0 Å². The predicted octanol–water partition coefficient (Wildman–Crippen LogP) is 7.39. The molecule has 14 heteroatoms. The van der Waals surface area contributed by atoms with Crippen molar-refractivity contribution in [3.05, 3.63) is 108 Å². The summed E-state index contributed by atoms with van der Waals surface area (Å²) in [6.07, 6.45) is 10.9. The second-order valence-corrected chi connectivity index (χ2v) is 19.1. The molecular formula is C55H82N6O8. The van der Waals surface area contributed by atoms with Crippen LogP contribution in [0, 0.1) is 23.2 Å². The molecule has 0 spiro atoms. The molecule has 0 radical (unpaired) electrons. The van der Waals surface area contributed by atoms with Crippen LogP contribution < -0.4 is 21.3 Å². The molecule has 0 aromatic heterocycles. The molecule has 0 bridgehead atoms. The third-order valence-electron chi connectivity index (χ3n) is 12.3. The van der Waals surface area contributed by atoms with Gasteiger partial charge in [-0.25, -0.2) is 0 Å². The van der Waals surface area contributed by atoms with E-state index in [1.54, 1.807) is 30.2 Å². The standard InChI is InChI=1S/C45H65N5O6.C9H13NO2.CH4/c1-11-50(43(31(4)27-45(6,7)28-56-29-51)38-15-14-22-47-41(38)32(5)55-10)36-19-17-34(18-20-36)35-23-33(24-37(52)26-35)25-39(40(53)16-12-13-21-46)48-44(54)42(30(2)3)49(8)9;1-3-9(12)10-4-7(2)8(5-10)6-11;/h12,14-20,23-24,26,29-30,32,39,42,47,52H,11,13,21-22,25,27-28,46H2,1-10H3,(H,48,54);3,6-8H,1,4-5H2,2H3;1H4/b16-12-,43-31+;;. The quantitative estimate of drug-likeness (QED) is 0.0606. The maximum Gasteiger partial charge on any atom is 0.293 e. The summed E-state index contributed by atoms with van der Waals surface area (Å²) in [5.74, 6) is -0.158. The van der Waals surface area contributed by atoms with Crippen molar-refractivity contribution >= 4 is 36.0 Å². The van der Waals surface area contributed by atoms with Gasteiger partial charge in [-0.05, 0) is 125 Å². The van der Waals surface area contributed by atoms with Gasteiger partial charge in [-0.3, -0.25) is 24.1 Å². The first-order valence-electron chi connectivity index (χ1n) is 23.6. The maximum absolute atomic E-state index is 13.5. The SMILES string of the molecule is C.C=CC(=O)N1CC(C)C(C=O)C1.CCN(/C(C1=C(C(C)OC)NCC=C1)=C(\C)CC(C)(C)COC=O)c1ccc(-c2cc(O)cc(CC(NC(=O)C(C(C)C)N(C)C)C(=O)/C=C\CCN)c2)cc1. The summed E-state index contributed by atoms with van der Waals surface area (Å²) in [6.45, 7) is 23.6. The highest BCUT2D eigenvalue weighted by molar-refractivity contribution is 5.98. The summed E-state index contributed by atoms with van der Waals surface area (Å²) in [7, 11) is 5.40. The minimum absolute atomic E-state index is 0. The van der Waals surface area contributed by atoms with Crippen LogP contribution in [-0.2, 0) is 39.9 Å². The predicted molar refractivity (Wildman–Crippen MR) is 278 cm³/mol. The molecular weight excluding hydrogens is 873 g/mol. The summed E-state index contributed by atoms with van der Waals surface area (Å²) < 4.78 is 11.0. The molecule has 0 aliphatic carbocycles. The number of aldehydes is 1. The number of nitrogens with zero attached hydrogens (tertiary/aromatic N) is 3. The third-order valence-corrected chi connectivity index (χ3v) is 12.3. The molecule has 5 unspecified atom stereocenters. The van der Waals surface area contributed by atoms with E-state index in [9.17, 15) is 29.1 Å². The Morgan fingerprint density at radius 2 is 1.75 bits per heavy atom. The number of carbonyl (C=O) groups is 5. The lowest BCUT2D eigenvalue weighted by Gasteiger charge is -2.34. The fraction of sp³-hybridized carbons (Fsp3) is 0.509. The number of likely N-dealkylation sites (N-methyl/N-ethyl adjacent to an activating group) is 2. The average molecular weight is 955 g/mol. The molecule has 1 fully saturated rings. The Morgan fingerprint density at radius 1 is 1.07 bits per heavy atom. The highest BCUT2D eigenvalue weighted by Crippen LogP contribution is 2.37. The van der Waals surface area contributed by atoms with Crippen LogP contribution in [0.3, 0.4) is 0 Å². The molecule has 2 aliphatic heterocycles. The molecule has 2 aromatic carbocycles.